The van der Waals surface area contributed by atoms with Gasteiger partial charge in [-0.05, 0) is 41.5 Å². The Hall–Kier alpha value is -0.880. The van der Waals surface area contributed by atoms with Crippen LogP contribution in [0.5, 0.6) is 0 Å². The van der Waals surface area contributed by atoms with Gasteiger partial charge in [0.25, 0.3) is 0 Å². The number of nitrogens with one attached hydrogen (secondary N) is 2. The summed E-state index contributed by atoms with van der Waals surface area (Å²) < 4.78 is 0. The van der Waals surface area contributed by atoms with E-state index in [0.29, 0.717) is 0 Å². The minimum Gasteiger partial charge on any atom is -0.380 e. The summed E-state index contributed by atoms with van der Waals surface area (Å²) in [5, 5.41) is 6.40. The van der Waals surface area contributed by atoms with E-state index in [-0.39, 0.29) is 11.1 Å². The van der Waals surface area contributed by atoms with Crippen molar-refractivity contribution in [3.8, 4) is 0 Å². The third-order valence-corrected chi connectivity index (χ3v) is 1.18. The van der Waals surface area contributed by atoms with Gasteiger partial charge in [-0.1, -0.05) is 5.73 Å². The van der Waals surface area contributed by atoms with Crippen LogP contribution in [-0.2, 0) is 0 Å². The molecule has 0 fully saturated rings. The molecule has 0 saturated heterocycles. The number of hydrogen-bond acceptors (Lipinski definition) is 2. The lowest BCUT2D eigenvalue weighted by atomic mass is 10.1. The van der Waals surface area contributed by atoms with E-state index in [1.165, 1.54) is 0 Å². The minimum absolute atomic E-state index is 0.114. The molecule has 0 heterocycles. The maximum atomic E-state index is 3.20. The summed E-state index contributed by atoms with van der Waals surface area (Å²) >= 11 is 0. The van der Waals surface area contributed by atoms with Crippen LogP contribution in [0.1, 0.15) is 41.5 Å². The molecule has 0 saturated carbocycles. The van der Waals surface area contributed by atoms with Gasteiger partial charge in [-0.3, -0.25) is 0 Å². The molecule has 0 amide bonds. The molecule has 0 aliphatic heterocycles. The van der Waals surface area contributed by atoms with Crippen LogP contribution in [0.2, 0.25) is 0 Å². The molecule has 0 spiro atoms. The molecule has 0 rings (SSSR count). The average Bonchev–Trinajstić information content (AvgIpc) is 1.81. The second-order valence-corrected chi connectivity index (χ2v) is 5.24. The van der Waals surface area contributed by atoms with Crippen molar-refractivity contribution in [3.05, 3.63) is 18.1 Å². The summed E-state index contributed by atoms with van der Waals surface area (Å²) in [5.41, 5.74) is 3.25. The van der Waals surface area contributed by atoms with Crippen molar-refractivity contribution in [2.75, 3.05) is 0 Å². The molecule has 0 bridgehead atoms. The Balaban J connectivity index is 3.86. The van der Waals surface area contributed by atoms with Crippen molar-refractivity contribution in [3.63, 3.8) is 0 Å². The van der Waals surface area contributed by atoms with Gasteiger partial charge in [-0.25, -0.2) is 0 Å². The van der Waals surface area contributed by atoms with E-state index in [2.05, 4.69) is 57.9 Å². The molecule has 0 aliphatic carbocycles. The predicted octanol–water partition coefficient (Wildman–Crippen LogP) is 2.39. The Morgan fingerprint density at radius 2 is 1.08 bits per heavy atom. The van der Waals surface area contributed by atoms with E-state index in [0.717, 1.165) is 0 Å². The smallest absolute Gasteiger partial charge is 0.0417 e. The fraction of sp³-hybridized carbons (Fsp3) is 0.727. The zero-order valence-corrected chi connectivity index (χ0v) is 9.65. The van der Waals surface area contributed by atoms with Crippen LogP contribution in [0.3, 0.4) is 0 Å². The molecule has 0 aromatic rings. The molecule has 0 aromatic carbocycles. The zero-order chi connectivity index (χ0) is 10.5. The lowest BCUT2D eigenvalue weighted by Crippen LogP contribution is -2.31. The SMILES string of the molecule is CC(C)(C)NC=C=CNC(C)(C)C. The van der Waals surface area contributed by atoms with Crippen LogP contribution in [0.15, 0.2) is 18.1 Å². The fourth-order valence-electron chi connectivity index (χ4n) is 0.558. The highest BCUT2D eigenvalue weighted by atomic mass is 14.9. The van der Waals surface area contributed by atoms with Gasteiger partial charge < -0.3 is 10.6 Å². The molecule has 2 N–H and O–H groups in total. The summed E-state index contributed by atoms with van der Waals surface area (Å²) in [6.45, 7) is 12.7. The van der Waals surface area contributed by atoms with Crippen molar-refractivity contribution < 1.29 is 0 Å². The summed E-state index contributed by atoms with van der Waals surface area (Å²) in [6.07, 6.45) is 3.66. The fourth-order valence-corrected chi connectivity index (χ4v) is 0.558. The first kappa shape index (κ1) is 12.1. The second-order valence-electron chi connectivity index (χ2n) is 5.24. The standard InChI is InChI=1S/C11H22N2/c1-10(2,3)12-8-7-9-13-11(4,5)6/h8-9,12-13H,1-6H3. The van der Waals surface area contributed by atoms with Crippen molar-refractivity contribution in [1.82, 2.24) is 10.6 Å². The highest BCUT2D eigenvalue weighted by molar-refractivity contribution is 4.89. The predicted molar refractivity (Wildman–Crippen MR) is 58.4 cm³/mol. The third kappa shape index (κ3) is 11.1. The van der Waals surface area contributed by atoms with E-state index < -0.39 is 0 Å². The third-order valence-electron chi connectivity index (χ3n) is 1.18. The average molecular weight is 182 g/mol. The summed E-state index contributed by atoms with van der Waals surface area (Å²) in [7, 11) is 0. The largest absolute Gasteiger partial charge is 0.380 e. The molecule has 0 unspecified atom stereocenters. The molecule has 0 aromatic heterocycles. The monoisotopic (exact) mass is 182 g/mol. The summed E-state index contributed by atoms with van der Waals surface area (Å²) in [4.78, 5) is 0. The van der Waals surface area contributed by atoms with Crippen molar-refractivity contribution in [2.45, 2.75) is 52.6 Å². The van der Waals surface area contributed by atoms with Gasteiger partial charge >= 0.3 is 0 Å². The quantitative estimate of drug-likeness (QED) is 0.641. The lowest BCUT2D eigenvalue weighted by Gasteiger charge is -2.18. The molecule has 0 atom stereocenters. The lowest BCUT2D eigenvalue weighted by molar-refractivity contribution is 0.487. The Labute approximate surface area is 82.1 Å². The van der Waals surface area contributed by atoms with Gasteiger partial charge in [0.1, 0.15) is 0 Å². The number of hydrogen-bond donors (Lipinski definition) is 2. The highest BCUT2D eigenvalue weighted by Crippen LogP contribution is 1.98. The molecule has 0 radical (unpaired) electrons. The number of rotatable bonds is 2. The van der Waals surface area contributed by atoms with Crippen molar-refractivity contribution >= 4 is 0 Å². The first-order chi connectivity index (χ1) is 5.71. The van der Waals surface area contributed by atoms with Crippen LogP contribution in [-0.4, -0.2) is 11.1 Å². The molecule has 2 nitrogen and oxygen atoms in total. The Morgan fingerprint density at radius 1 is 0.769 bits per heavy atom. The Kier molecular flexibility index (Phi) is 4.09. The molecule has 2 heteroatoms. The van der Waals surface area contributed by atoms with Crippen LogP contribution in [0.4, 0.5) is 0 Å². The highest BCUT2D eigenvalue weighted by Gasteiger charge is 2.05. The molecular formula is C11H22N2. The maximum Gasteiger partial charge on any atom is 0.0417 e. The maximum absolute atomic E-state index is 3.20. The van der Waals surface area contributed by atoms with Crippen LogP contribution in [0, 0.1) is 0 Å². The molecular weight excluding hydrogens is 160 g/mol. The van der Waals surface area contributed by atoms with E-state index >= 15 is 0 Å². The van der Waals surface area contributed by atoms with Crippen LogP contribution in [0.25, 0.3) is 0 Å². The van der Waals surface area contributed by atoms with E-state index in [9.17, 15) is 0 Å². The first-order valence-corrected chi connectivity index (χ1v) is 4.65. The molecule has 76 valence electrons. The normalized spacial score (nSPS) is 11.5. The van der Waals surface area contributed by atoms with Crippen LogP contribution < -0.4 is 10.6 Å². The Morgan fingerprint density at radius 3 is 1.31 bits per heavy atom. The van der Waals surface area contributed by atoms with Gasteiger partial charge in [0.2, 0.25) is 0 Å². The molecule has 13 heavy (non-hydrogen) atoms. The Bertz CT molecular complexity index is 177. The van der Waals surface area contributed by atoms with Crippen molar-refractivity contribution in [2.24, 2.45) is 0 Å². The van der Waals surface area contributed by atoms with E-state index in [1.807, 2.05) is 12.4 Å². The second kappa shape index (κ2) is 4.38. The van der Waals surface area contributed by atoms with Gasteiger partial charge in [0.05, 0.1) is 0 Å². The van der Waals surface area contributed by atoms with E-state index in [1.54, 1.807) is 0 Å². The first-order valence-electron chi connectivity index (χ1n) is 4.65. The van der Waals surface area contributed by atoms with Crippen LogP contribution >= 0.6 is 0 Å². The van der Waals surface area contributed by atoms with Gasteiger partial charge in [0.15, 0.2) is 0 Å². The van der Waals surface area contributed by atoms with E-state index in [4.69, 9.17) is 0 Å². The van der Waals surface area contributed by atoms with Gasteiger partial charge in [0, 0.05) is 23.5 Å². The summed E-state index contributed by atoms with van der Waals surface area (Å²) in [5.74, 6) is 0. The van der Waals surface area contributed by atoms with Crippen molar-refractivity contribution in [1.29, 1.82) is 0 Å². The van der Waals surface area contributed by atoms with Gasteiger partial charge in [-0.2, -0.15) is 0 Å². The summed E-state index contributed by atoms with van der Waals surface area (Å²) in [6, 6.07) is 0. The molecule has 0 aliphatic rings. The minimum atomic E-state index is 0.114. The topological polar surface area (TPSA) is 24.1 Å². The zero-order valence-electron chi connectivity index (χ0n) is 9.65. The van der Waals surface area contributed by atoms with Gasteiger partial charge in [-0.15, -0.1) is 0 Å².